The molecule has 0 amide bonds. The van der Waals surface area contributed by atoms with Crippen molar-refractivity contribution in [3.05, 3.63) is 59.1 Å². The van der Waals surface area contributed by atoms with Gasteiger partial charge in [0.15, 0.2) is 11.2 Å². The van der Waals surface area contributed by atoms with Crippen molar-refractivity contribution in [2.24, 2.45) is 5.41 Å². The van der Waals surface area contributed by atoms with Crippen molar-refractivity contribution in [3.63, 3.8) is 0 Å². The van der Waals surface area contributed by atoms with E-state index in [4.69, 9.17) is 24.3 Å². The van der Waals surface area contributed by atoms with E-state index < -0.39 is 43.8 Å². The van der Waals surface area contributed by atoms with Crippen LogP contribution in [0.3, 0.4) is 0 Å². The van der Waals surface area contributed by atoms with Gasteiger partial charge in [0, 0.05) is 11.8 Å². The van der Waals surface area contributed by atoms with Crippen LogP contribution >= 0.6 is 7.75 Å². The molecule has 1 aliphatic heterocycles. The Morgan fingerprint density at radius 2 is 2.02 bits per heavy atom. The minimum Gasteiger partial charge on any atom is -0.464 e. The van der Waals surface area contributed by atoms with E-state index >= 15 is 0 Å². The molecular weight excluding hydrogens is 579 g/mol. The number of esters is 1. The normalized spacial score (nSPS) is 21.1. The predicted octanol–water partition coefficient (Wildman–Crippen LogP) is 3.27. The molecule has 3 heterocycles. The van der Waals surface area contributed by atoms with Gasteiger partial charge >= 0.3 is 13.7 Å². The average molecular weight is 615 g/mol. The molecule has 1 unspecified atom stereocenters. The fourth-order valence-corrected chi connectivity index (χ4v) is 6.08. The number of imidazole rings is 1. The van der Waals surface area contributed by atoms with E-state index in [0.717, 1.165) is 5.39 Å². The van der Waals surface area contributed by atoms with Crippen LogP contribution in [0.15, 0.2) is 53.6 Å². The third-order valence-electron chi connectivity index (χ3n) is 6.69. The lowest BCUT2D eigenvalue weighted by Crippen LogP contribution is -2.37. The first-order chi connectivity index (χ1) is 20.3. The first-order valence-electron chi connectivity index (χ1n) is 13.7. The molecule has 1 saturated heterocycles. The Morgan fingerprint density at radius 3 is 2.79 bits per heavy atom. The Labute approximate surface area is 247 Å². The number of aliphatic hydroxyl groups is 1. The first kappa shape index (κ1) is 30.6. The molecule has 0 radical (unpaired) electrons. The van der Waals surface area contributed by atoms with E-state index in [1.54, 1.807) is 12.1 Å². The molecule has 5 N–H and O–H groups in total. The summed E-state index contributed by atoms with van der Waals surface area (Å²) in [6.07, 6.45) is -1.28. The molecule has 43 heavy (non-hydrogen) atoms. The molecule has 2 aromatic carbocycles. The van der Waals surface area contributed by atoms with Crippen LogP contribution in [0.5, 0.6) is 5.75 Å². The highest BCUT2D eigenvalue weighted by Gasteiger charge is 2.40. The zero-order chi connectivity index (χ0) is 30.9. The molecule has 1 fully saturated rings. The molecule has 230 valence electrons. The monoisotopic (exact) mass is 614 g/mol. The lowest BCUT2D eigenvalue weighted by molar-refractivity contribution is -0.148. The van der Waals surface area contributed by atoms with Crippen LogP contribution in [0, 0.1) is 5.41 Å². The van der Waals surface area contributed by atoms with Gasteiger partial charge in [-0.25, -0.2) is 9.55 Å². The fourth-order valence-electron chi connectivity index (χ4n) is 4.56. The number of nitrogens with zero attached hydrogens (tertiary/aromatic N) is 3. The molecule has 5 atom stereocenters. The van der Waals surface area contributed by atoms with Crippen LogP contribution in [0.4, 0.5) is 5.95 Å². The van der Waals surface area contributed by atoms with Gasteiger partial charge in [0.05, 0.1) is 25.6 Å². The summed E-state index contributed by atoms with van der Waals surface area (Å²) in [6.45, 7) is 7.06. The van der Waals surface area contributed by atoms with Crippen LogP contribution in [0.25, 0.3) is 21.9 Å². The number of ether oxygens (including phenoxy) is 2. The van der Waals surface area contributed by atoms with Crippen LogP contribution in [0.1, 0.15) is 40.3 Å². The first-order valence-corrected chi connectivity index (χ1v) is 15.3. The minimum absolute atomic E-state index is 0.0662. The maximum absolute atomic E-state index is 14.2. The molecule has 4 aromatic rings. The zero-order valence-corrected chi connectivity index (χ0v) is 25.1. The smallest absolute Gasteiger partial charge is 0.459 e. The van der Waals surface area contributed by atoms with Crippen LogP contribution < -0.4 is 20.9 Å². The van der Waals surface area contributed by atoms with Crippen molar-refractivity contribution in [3.8, 4) is 5.75 Å². The van der Waals surface area contributed by atoms with Gasteiger partial charge in [0.25, 0.3) is 5.56 Å². The summed E-state index contributed by atoms with van der Waals surface area (Å²) in [5.74, 6) is -0.453. The number of nitrogen functional groups attached to an aromatic ring is 1. The molecular formula is C28H35N6O8P. The summed E-state index contributed by atoms with van der Waals surface area (Å²) in [5.41, 5.74) is 5.18. The Morgan fingerprint density at radius 1 is 1.28 bits per heavy atom. The number of nitrogens with one attached hydrogen (secondary N) is 2. The molecule has 2 aromatic heterocycles. The number of aromatic nitrogens is 4. The van der Waals surface area contributed by atoms with Gasteiger partial charge < -0.3 is 24.8 Å². The van der Waals surface area contributed by atoms with E-state index in [1.165, 1.54) is 17.8 Å². The highest BCUT2D eigenvalue weighted by molar-refractivity contribution is 7.52. The van der Waals surface area contributed by atoms with E-state index in [2.05, 4.69) is 20.0 Å². The number of rotatable bonds is 10. The van der Waals surface area contributed by atoms with Crippen molar-refractivity contribution in [2.45, 2.75) is 58.6 Å². The van der Waals surface area contributed by atoms with Gasteiger partial charge in [0.1, 0.15) is 24.1 Å². The van der Waals surface area contributed by atoms with Crippen molar-refractivity contribution in [2.75, 3.05) is 18.9 Å². The summed E-state index contributed by atoms with van der Waals surface area (Å²) in [5, 5.41) is 15.0. The number of carbonyl (C=O) groups is 1. The molecule has 0 saturated carbocycles. The zero-order valence-electron chi connectivity index (χ0n) is 24.2. The highest BCUT2D eigenvalue weighted by Crippen LogP contribution is 2.47. The maximum atomic E-state index is 14.2. The molecule has 14 nitrogen and oxygen atoms in total. The average Bonchev–Trinajstić information content (AvgIpc) is 3.53. The molecule has 5 rings (SSSR count). The third kappa shape index (κ3) is 7.06. The number of aromatic amines is 1. The topological polar surface area (TPSA) is 193 Å². The van der Waals surface area contributed by atoms with Gasteiger partial charge in [-0.2, -0.15) is 10.1 Å². The number of hydrogen-bond acceptors (Lipinski definition) is 11. The van der Waals surface area contributed by atoms with Crippen LogP contribution in [0.2, 0.25) is 0 Å². The van der Waals surface area contributed by atoms with Crippen molar-refractivity contribution in [1.29, 1.82) is 0 Å². The molecule has 15 heteroatoms. The summed E-state index contributed by atoms with van der Waals surface area (Å²) in [6, 6.07) is 11.6. The van der Waals surface area contributed by atoms with E-state index in [1.807, 2.05) is 51.1 Å². The lowest BCUT2D eigenvalue weighted by Gasteiger charge is -2.26. The van der Waals surface area contributed by atoms with Gasteiger partial charge in [0.2, 0.25) is 5.95 Å². The number of benzene rings is 2. The second-order valence-corrected chi connectivity index (χ2v) is 13.3. The lowest BCUT2D eigenvalue weighted by atomic mass is 9.99. The second kappa shape index (κ2) is 12.1. The number of fused-ring (bicyclic) bond motifs is 2. The number of carbonyl (C=O) groups excluding carboxylic acids is 1. The van der Waals surface area contributed by atoms with Crippen LogP contribution in [-0.4, -0.2) is 62.1 Å². The SMILES string of the molecule is C[C@H](NP(=O)(OC[C@H]1O[C@@H](n2cnc3c(=O)[nH]c(N)nc32)C[C@@H]1O)Oc1cccc2ccccc12)C(=O)OCC(C)(C)C. The predicted molar refractivity (Wildman–Crippen MR) is 158 cm³/mol. The fraction of sp³-hybridized carbons (Fsp3) is 0.429. The van der Waals surface area contributed by atoms with E-state index in [0.29, 0.717) is 5.39 Å². The number of anilines is 1. The number of H-pyrrole nitrogens is 1. The Hall–Kier alpha value is -3.81. The van der Waals surface area contributed by atoms with Crippen molar-refractivity contribution >= 4 is 41.6 Å². The van der Waals surface area contributed by atoms with Crippen molar-refractivity contribution < 1.29 is 33.0 Å². The van der Waals surface area contributed by atoms with E-state index in [9.17, 15) is 19.3 Å². The number of hydrogen-bond donors (Lipinski definition) is 4. The minimum atomic E-state index is -4.27. The Balaban J connectivity index is 1.35. The van der Waals surface area contributed by atoms with Gasteiger partial charge in [-0.1, -0.05) is 57.2 Å². The van der Waals surface area contributed by atoms with Gasteiger partial charge in [-0.05, 0) is 23.8 Å². The van der Waals surface area contributed by atoms with Crippen molar-refractivity contribution in [1.82, 2.24) is 24.6 Å². The number of nitrogens with two attached hydrogens (primary N) is 1. The summed E-state index contributed by atoms with van der Waals surface area (Å²) in [7, 11) is -4.27. The maximum Gasteiger partial charge on any atom is 0.459 e. The molecule has 0 bridgehead atoms. The summed E-state index contributed by atoms with van der Waals surface area (Å²) in [4.78, 5) is 35.5. The summed E-state index contributed by atoms with van der Waals surface area (Å²) < 4.78 is 38.8. The van der Waals surface area contributed by atoms with Gasteiger partial charge in [-0.3, -0.25) is 23.7 Å². The number of aliphatic hydroxyl groups excluding tert-OH is 1. The van der Waals surface area contributed by atoms with Gasteiger partial charge in [-0.15, -0.1) is 0 Å². The largest absolute Gasteiger partial charge is 0.464 e. The summed E-state index contributed by atoms with van der Waals surface area (Å²) >= 11 is 0. The quantitative estimate of drug-likeness (QED) is 0.151. The Kier molecular flexibility index (Phi) is 8.59. The van der Waals surface area contributed by atoms with E-state index in [-0.39, 0.29) is 47.9 Å². The molecule has 0 spiro atoms. The molecule has 0 aliphatic carbocycles. The third-order valence-corrected chi connectivity index (χ3v) is 8.32. The second-order valence-electron chi connectivity index (χ2n) is 11.6. The standard InChI is InChI=1S/C28H35N6O8P/c1-16(26(37)39-14-28(2,3)4)33-43(38,42-20-11-7-9-17-8-5-6-10-18(17)20)40-13-21-19(35)12-22(41-21)34-15-30-23-24(34)31-27(29)32-25(23)36/h5-11,15-16,19,21-22,35H,12-14H2,1-4H3,(H,33,38)(H3,29,31,32,36)/t16-,19-,21+,22+,43?/m0/s1. The van der Waals surface area contributed by atoms with Crippen LogP contribution in [-0.2, 0) is 23.4 Å². The highest BCUT2D eigenvalue weighted by atomic mass is 31.2. The molecule has 1 aliphatic rings. The Bertz CT molecular complexity index is 1730.